The molecule has 0 aromatic carbocycles. The first-order valence-electron chi connectivity index (χ1n) is 33.8. The minimum atomic E-state index is -1.98. The summed E-state index contributed by atoms with van der Waals surface area (Å²) in [4.78, 5) is 13.3. The summed E-state index contributed by atoms with van der Waals surface area (Å²) in [6.45, 7) is 1.48. The van der Waals surface area contributed by atoms with Gasteiger partial charge in [0.1, 0.15) is 73.2 Å². The molecule has 0 bridgehead atoms. The highest BCUT2D eigenvalue weighted by Gasteiger charge is 2.53. The van der Waals surface area contributed by atoms with E-state index in [2.05, 4.69) is 129 Å². The van der Waals surface area contributed by atoms with Crippen molar-refractivity contribution in [1.29, 1.82) is 0 Å². The molecule has 3 rings (SSSR count). The fourth-order valence-electron chi connectivity index (χ4n) is 10.5. The number of amides is 1. The molecule has 17 unspecified atom stereocenters. The van der Waals surface area contributed by atoms with Gasteiger partial charge in [-0.1, -0.05) is 212 Å². The number of hydrogen-bond donors (Lipinski definition) is 12. The van der Waals surface area contributed by atoms with Gasteiger partial charge in [-0.25, -0.2) is 0 Å². The van der Waals surface area contributed by atoms with E-state index < -0.39 is 124 Å². The Morgan fingerprint density at radius 3 is 1.20 bits per heavy atom. The van der Waals surface area contributed by atoms with Crippen LogP contribution in [0.4, 0.5) is 0 Å². The minimum absolute atomic E-state index is 0.231. The van der Waals surface area contributed by atoms with Crippen molar-refractivity contribution in [3.05, 3.63) is 122 Å². The lowest BCUT2D eigenvalue weighted by atomic mass is 9.96. The quantitative estimate of drug-likeness (QED) is 0.0201. The number of aliphatic hydroxyl groups excluding tert-OH is 11. The van der Waals surface area contributed by atoms with Gasteiger partial charge in [0.05, 0.1) is 38.6 Å². The van der Waals surface area contributed by atoms with Gasteiger partial charge in [-0.15, -0.1) is 0 Å². The molecule has 0 aromatic rings. The van der Waals surface area contributed by atoms with Gasteiger partial charge in [-0.3, -0.25) is 4.79 Å². The third-order valence-electron chi connectivity index (χ3n) is 16.0. The van der Waals surface area contributed by atoms with E-state index in [1.54, 1.807) is 6.08 Å². The van der Waals surface area contributed by atoms with Gasteiger partial charge in [0.25, 0.3) is 0 Å². The molecule has 3 heterocycles. The Kier molecular flexibility index (Phi) is 46.1. The molecule has 0 spiro atoms. The van der Waals surface area contributed by atoms with E-state index in [1.807, 2.05) is 6.08 Å². The van der Waals surface area contributed by atoms with Crippen LogP contribution in [0.2, 0.25) is 0 Å². The Bertz CT molecular complexity index is 2100. The summed E-state index contributed by atoms with van der Waals surface area (Å²) in [6.07, 6.45) is 44.0. The average Bonchev–Trinajstić information content (AvgIpc) is 1.11. The van der Waals surface area contributed by atoms with Gasteiger partial charge < -0.3 is 89.9 Å². The number of nitrogens with one attached hydrogen (secondary N) is 1. The summed E-state index contributed by atoms with van der Waals surface area (Å²) in [7, 11) is 0. The van der Waals surface area contributed by atoms with Crippen LogP contribution in [0.1, 0.15) is 187 Å². The minimum Gasteiger partial charge on any atom is -0.394 e. The summed E-state index contributed by atoms with van der Waals surface area (Å²) < 4.78 is 34.1. The van der Waals surface area contributed by atoms with E-state index in [1.165, 1.54) is 38.5 Å². The third kappa shape index (κ3) is 33.3. The van der Waals surface area contributed by atoms with Crippen LogP contribution < -0.4 is 5.32 Å². The van der Waals surface area contributed by atoms with Crippen molar-refractivity contribution < 1.29 is 89.4 Å². The molecule has 514 valence electrons. The zero-order valence-electron chi connectivity index (χ0n) is 54.1. The smallest absolute Gasteiger partial charge is 0.220 e. The van der Waals surface area contributed by atoms with E-state index in [0.29, 0.717) is 6.42 Å². The van der Waals surface area contributed by atoms with Crippen molar-refractivity contribution in [2.75, 3.05) is 26.4 Å². The third-order valence-corrected chi connectivity index (χ3v) is 16.0. The van der Waals surface area contributed by atoms with E-state index in [9.17, 15) is 61.0 Å². The first-order valence-corrected chi connectivity index (χ1v) is 33.8. The second-order valence-electron chi connectivity index (χ2n) is 23.6. The normalized spacial score (nSPS) is 28.8. The zero-order valence-corrected chi connectivity index (χ0v) is 54.1. The van der Waals surface area contributed by atoms with Crippen LogP contribution in [-0.2, 0) is 33.2 Å². The molecule has 0 saturated carbocycles. The van der Waals surface area contributed by atoms with Crippen LogP contribution >= 0.6 is 0 Å². The summed E-state index contributed by atoms with van der Waals surface area (Å²) in [5, 5.41) is 120. The first kappa shape index (κ1) is 80.4. The Balaban J connectivity index is 1.28. The lowest BCUT2D eigenvalue weighted by Crippen LogP contribution is -2.66. The van der Waals surface area contributed by atoms with Crippen molar-refractivity contribution in [1.82, 2.24) is 5.32 Å². The fraction of sp³-hybridized carbons (Fsp3) is 0.704. The van der Waals surface area contributed by atoms with Gasteiger partial charge in [0, 0.05) is 6.42 Å². The molecule has 90 heavy (non-hydrogen) atoms. The van der Waals surface area contributed by atoms with Crippen molar-refractivity contribution in [2.24, 2.45) is 0 Å². The molecule has 0 aromatic heterocycles. The molecular formula is C71H117NO18. The van der Waals surface area contributed by atoms with Crippen molar-refractivity contribution in [3.8, 4) is 0 Å². The van der Waals surface area contributed by atoms with Gasteiger partial charge in [0.15, 0.2) is 18.9 Å². The maximum atomic E-state index is 13.3. The Labute approximate surface area is 538 Å². The molecule has 3 aliphatic rings. The number of carbonyl (C=O) groups is 1. The van der Waals surface area contributed by atoms with E-state index in [-0.39, 0.29) is 18.9 Å². The highest BCUT2D eigenvalue weighted by atomic mass is 16.8. The molecular weight excluding hydrogens is 1150 g/mol. The average molecular weight is 1270 g/mol. The monoisotopic (exact) mass is 1270 g/mol. The zero-order chi connectivity index (χ0) is 65.4. The summed E-state index contributed by atoms with van der Waals surface area (Å²) in [5.41, 5.74) is 0. The van der Waals surface area contributed by atoms with E-state index in [0.717, 1.165) is 122 Å². The first-order chi connectivity index (χ1) is 43.8. The predicted molar refractivity (Wildman–Crippen MR) is 350 cm³/mol. The highest BCUT2D eigenvalue weighted by molar-refractivity contribution is 5.76. The molecule has 17 atom stereocenters. The molecule has 0 radical (unpaired) electrons. The SMILES string of the molecule is CC/C=C\C/C=C\C/C=C\C/C=C\C/C=C\C/C=C\C/C=C\C/C=C\C/C=C\CCCCCCCCCCCCCC(=O)NC(COC1OC(CO)C(OC2OC(CO)C(OC3OC(CO)C(O)C(O)C3O)C(O)C2O)C(O)C1O)C(O)/C=C/CCCCCC. The number of aliphatic hydroxyl groups is 11. The second kappa shape index (κ2) is 51.6. The van der Waals surface area contributed by atoms with Crippen LogP contribution in [0.25, 0.3) is 0 Å². The molecule has 3 saturated heterocycles. The second-order valence-corrected chi connectivity index (χ2v) is 23.6. The number of ether oxygens (including phenoxy) is 6. The maximum Gasteiger partial charge on any atom is 0.220 e. The van der Waals surface area contributed by atoms with Crippen LogP contribution in [0.15, 0.2) is 122 Å². The topological polar surface area (TPSA) is 307 Å². The molecule has 3 aliphatic heterocycles. The number of unbranched alkanes of at least 4 members (excludes halogenated alkanes) is 15. The highest BCUT2D eigenvalue weighted by Crippen LogP contribution is 2.33. The van der Waals surface area contributed by atoms with Crippen LogP contribution in [0.5, 0.6) is 0 Å². The maximum absolute atomic E-state index is 13.3. The molecule has 3 fully saturated rings. The largest absolute Gasteiger partial charge is 0.394 e. The van der Waals surface area contributed by atoms with E-state index >= 15 is 0 Å². The number of hydrogen-bond acceptors (Lipinski definition) is 18. The number of rotatable bonds is 49. The Morgan fingerprint density at radius 1 is 0.411 bits per heavy atom. The van der Waals surface area contributed by atoms with Crippen LogP contribution in [0, 0.1) is 0 Å². The van der Waals surface area contributed by atoms with Gasteiger partial charge >= 0.3 is 0 Å². The van der Waals surface area contributed by atoms with Gasteiger partial charge in [-0.2, -0.15) is 0 Å². The molecule has 19 heteroatoms. The Hall–Kier alpha value is -3.81. The van der Waals surface area contributed by atoms with Crippen molar-refractivity contribution >= 4 is 5.91 Å². The van der Waals surface area contributed by atoms with Crippen LogP contribution in [-0.4, -0.2) is 193 Å². The standard InChI is InChI=1S/C71H117NO18/c1-3-5-7-9-11-12-13-14-15-16-17-18-19-20-21-22-23-24-25-26-27-28-29-30-31-32-33-34-35-36-37-38-39-40-41-42-43-45-47-49-59(77)72-54(55(76)48-46-44-10-8-6-4-2)53-85-69-65(83)62(80)67(57(51-74)87-69)90-71-66(84)63(81)68(58(52-75)88-71)89-70-64(82)61(79)60(78)56(50-73)86-70/h5,7,11-12,14-15,17-18,20-21,23-24,26-27,29-30,32-33,46,48,54-58,60-71,73-76,78-84H,3-4,6,8-10,13,16,19,22,25,28,31,34-45,47,49-53H2,1-2H3,(H,72,77)/b7-5-,12-11-,15-14-,18-17-,21-20-,24-23-,27-26-,30-29-,33-32-,48-46+. The van der Waals surface area contributed by atoms with E-state index in [4.69, 9.17) is 28.4 Å². The summed E-state index contributed by atoms with van der Waals surface area (Å²) >= 11 is 0. The van der Waals surface area contributed by atoms with Crippen molar-refractivity contribution in [2.45, 2.75) is 291 Å². The van der Waals surface area contributed by atoms with Crippen LogP contribution in [0.3, 0.4) is 0 Å². The summed E-state index contributed by atoms with van der Waals surface area (Å²) in [5.74, 6) is -0.291. The molecule has 1 amide bonds. The van der Waals surface area contributed by atoms with Gasteiger partial charge in [0.2, 0.25) is 5.91 Å². The fourth-order valence-corrected chi connectivity index (χ4v) is 10.5. The molecule has 0 aliphatic carbocycles. The lowest BCUT2D eigenvalue weighted by Gasteiger charge is -2.48. The number of allylic oxidation sites excluding steroid dienone is 19. The van der Waals surface area contributed by atoms with Crippen molar-refractivity contribution in [3.63, 3.8) is 0 Å². The number of carbonyl (C=O) groups excluding carboxylic acids is 1. The lowest BCUT2D eigenvalue weighted by molar-refractivity contribution is -0.379. The molecule has 12 N–H and O–H groups in total. The summed E-state index contributed by atoms with van der Waals surface area (Å²) in [6, 6.07) is -0.978. The predicted octanol–water partition coefficient (Wildman–Crippen LogP) is 8.43. The Morgan fingerprint density at radius 2 is 0.767 bits per heavy atom. The van der Waals surface area contributed by atoms with Gasteiger partial charge in [-0.05, 0) is 89.9 Å². The molecule has 19 nitrogen and oxygen atoms in total.